The number of hydrogen-bond acceptors (Lipinski definition) is 4. The molecule has 24 heavy (non-hydrogen) atoms. The number of aromatic nitrogens is 1. The maximum atomic E-state index is 13.1. The molecular weight excluding hydrogens is 306 g/mol. The van der Waals surface area contributed by atoms with Crippen LogP contribution in [0.4, 0.5) is 5.69 Å². The maximum Gasteiger partial charge on any atom is 0.235 e. The van der Waals surface area contributed by atoms with Gasteiger partial charge in [0.2, 0.25) is 11.8 Å². The average Bonchev–Trinajstić information content (AvgIpc) is 2.89. The summed E-state index contributed by atoms with van der Waals surface area (Å²) in [6, 6.07) is 3.75. The summed E-state index contributed by atoms with van der Waals surface area (Å²) in [6.45, 7) is 1.94. The lowest BCUT2D eigenvalue weighted by atomic mass is 9.76. The molecule has 128 valence electrons. The third-order valence-corrected chi connectivity index (χ3v) is 5.82. The van der Waals surface area contributed by atoms with E-state index in [-0.39, 0.29) is 23.8 Å². The van der Waals surface area contributed by atoms with Crippen molar-refractivity contribution >= 4 is 17.5 Å². The summed E-state index contributed by atoms with van der Waals surface area (Å²) < 4.78 is 0. The van der Waals surface area contributed by atoms with Crippen LogP contribution in [-0.2, 0) is 9.59 Å². The number of nitrogens with zero attached hydrogens (tertiary/aromatic N) is 3. The van der Waals surface area contributed by atoms with Gasteiger partial charge in [0.1, 0.15) is 0 Å². The predicted octanol–water partition coefficient (Wildman–Crippen LogP) is 1.20. The Morgan fingerprint density at radius 3 is 2.83 bits per heavy atom. The fourth-order valence-corrected chi connectivity index (χ4v) is 4.33. The third kappa shape index (κ3) is 2.49. The van der Waals surface area contributed by atoms with Crippen LogP contribution in [0.2, 0.25) is 0 Å². The van der Waals surface area contributed by atoms with Crippen molar-refractivity contribution in [2.75, 3.05) is 24.5 Å². The number of piperidine rings is 1. The Balaban J connectivity index is 1.49. The number of anilines is 1. The second kappa shape index (κ2) is 5.84. The molecule has 2 aliphatic heterocycles. The SMILES string of the molecule is O=C(C1CC(O)C1)N1CCC[C@@]2(CCN(c3cccnc3)C2=O)C1. The summed E-state index contributed by atoms with van der Waals surface area (Å²) in [5.74, 6) is 0.190. The van der Waals surface area contributed by atoms with Crippen LogP contribution in [0.5, 0.6) is 0 Å². The normalized spacial score (nSPS) is 33.0. The lowest BCUT2D eigenvalue weighted by molar-refractivity contribution is -0.147. The average molecular weight is 329 g/mol. The van der Waals surface area contributed by atoms with Crippen molar-refractivity contribution in [2.24, 2.45) is 11.3 Å². The van der Waals surface area contributed by atoms with Gasteiger partial charge in [-0.25, -0.2) is 0 Å². The molecule has 1 aromatic heterocycles. The van der Waals surface area contributed by atoms with Gasteiger partial charge in [-0.15, -0.1) is 0 Å². The van der Waals surface area contributed by atoms with Crippen LogP contribution in [-0.4, -0.2) is 52.5 Å². The summed E-state index contributed by atoms with van der Waals surface area (Å²) in [7, 11) is 0. The van der Waals surface area contributed by atoms with Crippen LogP contribution in [0, 0.1) is 11.3 Å². The molecule has 1 N–H and O–H groups in total. The van der Waals surface area contributed by atoms with Gasteiger partial charge in [-0.2, -0.15) is 0 Å². The highest BCUT2D eigenvalue weighted by Crippen LogP contribution is 2.42. The highest BCUT2D eigenvalue weighted by molar-refractivity contribution is 6.00. The van der Waals surface area contributed by atoms with Crippen LogP contribution >= 0.6 is 0 Å². The Labute approximate surface area is 141 Å². The highest BCUT2D eigenvalue weighted by Gasteiger charge is 2.51. The molecule has 6 heteroatoms. The number of likely N-dealkylation sites (tertiary alicyclic amines) is 1. The molecule has 6 nitrogen and oxygen atoms in total. The minimum atomic E-state index is -0.438. The Hall–Kier alpha value is -1.95. The van der Waals surface area contributed by atoms with Gasteiger partial charge in [0.25, 0.3) is 0 Å². The third-order valence-electron chi connectivity index (χ3n) is 5.82. The second-order valence-electron chi connectivity index (χ2n) is 7.38. The Kier molecular flexibility index (Phi) is 3.79. The van der Waals surface area contributed by atoms with E-state index >= 15 is 0 Å². The van der Waals surface area contributed by atoms with Crippen LogP contribution < -0.4 is 4.90 Å². The first-order valence-electron chi connectivity index (χ1n) is 8.78. The van der Waals surface area contributed by atoms with Gasteiger partial charge >= 0.3 is 0 Å². The van der Waals surface area contributed by atoms with Gasteiger partial charge in [-0.1, -0.05) is 0 Å². The molecule has 2 amide bonds. The largest absolute Gasteiger partial charge is 0.393 e. The van der Waals surface area contributed by atoms with Gasteiger partial charge in [0.05, 0.1) is 23.4 Å². The van der Waals surface area contributed by atoms with E-state index in [0.29, 0.717) is 25.9 Å². The van der Waals surface area contributed by atoms with Crippen LogP contribution in [0.15, 0.2) is 24.5 Å². The van der Waals surface area contributed by atoms with E-state index in [1.54, 1.807) is 12.4 Å². The van der Waals surface area contributed by atoms with E-state index < -0.39 is 5.41 Å². The molecule has 1 atom stereocenters. The van der Waals surface area contributed by atoms with E-state index in [2.05, 4.69) is 4.98 Å². The van der Waals surface area contributed by atoms with E-state index in [1.807, 2.05) is 21.9 Å². The van der Waals surface area contributed by atoms with Gasteiger partial charge in [-0.3, -0.25) is 14.6 Å². The second-order valence-corrected chi connectivity index (χ2v) is 7.38. The minimum Gasteiger partial charge on any atom is -0.393 e. The summed E-state index contributed by atoms with van der Waals surface area (Å²) in [5, 5.41) is 9.44. The summed E-state index contributed by atoms with van der Waals surface area (Å²) in [6.07, 6.45) is 6.74. The van der Waals surface area contributed by atoms with Crippen molar-refractivity contribution in [2.45, 2.75) is 38.2 Å². The fourth-order valence-electron chi connectivity index (χ4n) is 4.33. The van der Waals surface area contributed by atoms with Gasteiger partial charge < -0.3 is 14.9 Å². The Morgan fingerprint density at radius 1 is 1.29 bits per heavy atom. The number of aliphatic hydroxyl groups excluding tert-OH is 1. The molecule has 2 saturated heterocycles. The smallest absolute Gasteiger partial charge is 0.235 e. The summed E-state index contributed by atoms with van der Waals surface area (Å²) >= 11 is 0. The molecule has 4 rings (SSSR count). The van der Waals surface area contributed by atoms with E-state index in [0.717, 1.165) is 31.5 Å². The molecule has 3 aliphatic rings. The molecule has 0 bridgehead atoms. The van der Waals surface area contributed by atoms with Crippen molar-refractivity contribution in [1.29, 1.82) is 0 Å². The van der Waals surface area contributed by atoms with Crippen molar-refractivity contribution in [1.82, 2.24) is 9.88 Å². The zero-order valence-corrected chi connectivity index (χ0v) is 13.7. The van der Waals surface area contributed by atoms with Crippen LogP contribution in [0.1, 0.15) is 32.1 Å². The lowest BCUT2D eigenvalue weighted by Gasteiger charge is -2.42. The molecule has 1 saturated carbocycles. The molecule has 1 spiro atoms. The molecule has 3 heterocycles. The first-order valence-corrected chi connectivity index (χ1v) is 8.78. The maximum absolute atomic E-state index is 13.1. The van der Waals surface area contributed by atoms with Crippen molar-refractivity contribution in [3.05, 3.63) is 24.5 Å². The number of rotatable bonds is 2. The van der Waals surface area contributed by atoms with Crippen molar-refractivity contribution in [3.63, 3.8) is 0 Å². The first kappa shape index (κ1) is 15.6. The molecule has 1 aromatic rings. The lowest BCUT2D eigenvalue weighted by Crippen LogP contribution is -2.53. The minimum absolute atomic E-state index is 0.0546. The molecule has 3 fully saturated rings. The molecule has 0 aromatic carbocycles. The Bertz CT molecular complexity index is 644. The number of carbonyl (C=O) groups excluding carboxylic acids is 2. The molecule has 1 aliphatic carbocycles. The number of amides is 2. The number of pyridine rings is 1. The molecule has 0 unspecified atom stereocenters. The quantitative estimate of drug-likeness (QED) is 0.885. The zero-order valence-electron chi connectivity index (χ0n) is 13.7. The monoisotopic (exact) mass is 329 g/mol. The zero-order chi connectivity index (χ0) is 16.7. The number of carbonyl (C=O) groups is 2. The van der Waals surface area contributed by atoms with Crippen molar-refractivity contribution in [3.8, 4) is 0 Å². The van der Waals surface area contributed by atoms with E-state index in [1.165, 1.54) is 0 Å². The predicted molar refractivity (Wildman–Crippen MR) is 88.2 cm³/mol. The summed E-state index contributed by atoms with van der Waals surface area (Å²) in [5.41, 5.74) is 0.400. The van der Waals surface area contributed by atoms with Crippen LogP contribution in [0.25, 0.3) is 0 Å². The van der Waals surface area contributed by atoms with Gasteiger partial charge in [0, 0.05) is 31.7 Å². The first-order chi connectivity index (χ1) is 11.6. The Morgan fingerprint density at radius 2 is 2.12 bits per heavy atom. The van der Waals surface area contributed by atoms with Crippen molar-refractivity contribution < 1.29 is 14.7 Å². The summed E-state index contributed by atoms with van der Waals surface area (Å²) in [4.78, 5) is 33.5. The van der Waals surface area contributed by atoms with Gasteiger partial charge in [0.15, 0.2) is 0 Å². The molecule has 0 radical (unpaired) electrons. The van der Waals surface area contributed by atoms with Crippen LogP contribution in [0.3, 0.4) is 0 Å². The standard InChI is InChI=1S/C18H23N3O3/c22-15-9-13(10-15)16(23)20-7-2-4-18(12-20)5-8-21(17(18)24)14-3-1-6-19-11-14/h1,3,6,11,13,15,22H,2,4-5,7-10,12H2/t13?,15?,18-/m1/s1. The highest BCUT2D eigenvalue weighted by atomic mass is 16.3. The van der Waals surface area contributed by atoms with Gasteiger partial charge in [-0.05, 0) is 44.2 Å². The molecular formula is C18H23N3O3. The fraction of sp³-hybridized carbons (Fsp3) is 0.611. The number of hydrogen-bond donors (Lipinski definition) is 1. The van der Waals surface area contributed by atoms with E-state index in [9.17, 15) is 14.7 Å². The van der Waals surface area contributed by atoms with E-state index in [4.69, 9.17) is 0 Å². The number of aliphatic hydroxyl groups is 1. The topological polar surface area (TPSA) is 73.7 Å².